The van der Waals surface area contributed by atoms with E-state index in [0.717, 1.165) is 6.61 Å². The van der Waals surface area contributed by atoms with Crippen molar-refractivity contribution in [1.29, 1.82) is 0 Å². The van der Waals surface area contributed by atoms with Crippen molar-refractivity contribution in [2.24, 2.45) is 0 Å². The van der Waals surface area contributed by atoms with E-state index in [1.165, 1.54) is 0 Å². The molecule has 0 aliphatic rings. The van der Waals surface area contributed by atoms with Gasteiger partial charge in [-0.15, -0.1) is 50.9 Å². The fraction of sp³-hybridized carbons (Fsp3) is 1.00. The summed E-state index contributed by atoms with van der Waals surface area (Å²) < 4.78 is 4.54. The van der Waals surface area contributed by atoms with Crippen LogP contribution < -0.4 is 0 Å². The van der Waals surface area contributed by atoms with Gasteiger partial charge in [-0.25, -0.2) is 0 Å². The zero-order chi connectivity index (χ0) is 3.41. The van der Waals surface area contributed by atoms with Crippen molar-refractivity contribution in [3.63, 3.8) is 0 Å². The summed E-state index contributed by atoms with van der Waals surface area (Å²) in [6, 6.07) is 0. The van der Waals surface area contributed by atoms with Gasteiger partial charge in [0.15, 0.2) is 0 Å². The molecule has 0 aromatic rings. The molecule has 0 aliphatic carbocycles. The van der Waals surface area contributed by atoms with Crippen LogP contribution in [-0.4, -0.2) is 6.61 Å². The molecule has 0 rings (SSSR count). The number of halogens is 3. The fourth-order valence-electron chi connectivity index (χ4n) is 0. The van der Waals surface area contributed by atoms with Crippen LogP contribution in [-0.2, 0) is 24.1 Å². The van der Waals surface area contributed by atoms with Gasteiger partial charge in [0.2, 0.25) is 0 Å². The summed E-state index contributed by atoms with van der Waals surface area (Å²) in [6.07, 6.45) is 0. The summed E-state index contributed by atoms with van der Waals surface area (Å²) in [7, 11) is 0. The van der Waals surface area contributed by atoms with Crippen LogP contribution in [0.15, 0.2) is 0 Å². The molecule has 0 N–H and O–H groups in total. The van der Waals surface area contributed by atoms with Crippen molar-refractivity contribution in [1.82, 2.24) is 0 Å². The molecule has 0 unspecified atom stereocenters. The van der Waals surface area contributed by atoms with E-state index in [9.17, 15) is 0 Å². The van der Waals surface area contributed by atoms with Crippen LogP contribution in [0.4, 0.5) is 0 Å². The molecule has 0 saturated carbocycles. The molecule has 0 aromatic heterocycles. The zero-order valence-corrected chi connectivity index (χ0v) is 10.5. The number of hydrogen-bond acceptors (Lipinski definition) is 1. The predicted molar refractivity (Wildman–Crippen MR) is 42.6 cm³/mol. The van der Waals surface area contributed by atoms with Crippen molar-refractivity contribution in [3.05, 3.63) is 0 Å². The topological polar surface area (TPSA) is 9.23 Å². The predicted octanol–water partition coefficient (Wildman–Crippen LogP) is 2.22. The fourth-order valence-corrected chi connectivity index (χ4v) is 0. The van der Waals surface area contributed by atoms with Crippen molar-refractivity contribution < 1.29 is 24.1 Å². The monoisotopic (exact) mass is 333 g/mol. The summed E-state index contributed by atoms with van der Waals surface area (Å²) in [4.78, 5) is 0. The zero-order valence-electron chi connectivity index (χ0n) is 3.84. The van der Waals surface area contributed by atoms with Gasteiger partial charge in [0.1, 0.15) is 0 Å². The molecule has 0 aliphatic heterocycles. The first-order valence-electron chi connectivity index (χ1n) is 1.20. The molecule has 0 saturated heterocycles. The molecule has 7 heavy (non-hydrogen) atoms. The maximum atomic E-state index is 4.54. The molecule has 0 bridgehead atoms. The Hall–Kier alpha value is 2.11. The normalized spacial score (nSPS) is 4.00. The molecule has 0 radical (unpaired) electrons. The van der Waals surface area contributed by atoms with Gasteiger partial charge in [-0.3, -0.25) is 0 Å². The van der Waals surface area contributed by atoms with Gasteiger partial charge >= 0.3 is 37.7 Å². The number of hydrogen-bond donors (Lipinski definition) is 0. The van der Waals surface area contributed by atoms with Crippen molar-refractivity contribution in [2.75, 3.05) is 6.61 Å². The molecule has 0 fully saturated rings. The molecule has 0 atom stereocenters. The Morgan fingerprint density at radius 1 is 1.29 bits per heavy atom. The van der Waals surface area contributed by atoms with Crippen LogP contribution in [0.2, 0.25) is 0 Å². The third kappa shape index (κ3) is 31.3. The Labute approximate surface area is 87.8 Å². The molecule has 0 spiro atoms. The Morgan fingerprint density at radius 2 is 1.43 bits per heavy atom. The van der Waals surface area contributed by atoms with E-state index in [1.807, 2.05) is 6.92 Å². The van der Waals surface area contributed by atoms with E-state index in [1.54, 1.807) is 20.8 Å². The molecule has 0 aromatic carbocycles. The minimum atomic E-state index is 0. The van der Waals surface area contributed by atoms with Crippen LogP contribution in [0.3, 0.4) is 0 Å². The second kappa shape index (κ2) is 24.3. The first-order valence-corrected chi connectivity index (χ1v) is 1.84. The van der Waals surface area contributed by atoms with E-state index in [-0.39, 0.29) is 50.9 Å². The Morgan fingerprint density at radius 3 is 1.43 bits per heavy atom. The summed E-state index contributed by atoms with van der Waals surface area (Å²) >= 11 is 1.68. The van der Waals surface area contributed by atoms with E-state index in [0.29, 0.717) is 0 Å². The molecule has 47 valence electrons. The van der Waals surface area contributed by atoms with E-state index < -0.39 is 0 Å². The second-order valence-electron chi connectivity index (χ2n) is 0.433. The van der Waals surface area contributed by atoms with Gasteiger partial charge in [0.05, 0.1) is 0 Å². The average Bonchev–Trinajstić information content (AvgIpc) is 1.37. The van der Waals surface area contributed by atoms with Crippen molar-refractivity contribution in [2.45, 2.75) is 6.92 Å². The van der Waals surface area contributed by atoms with E-state index >= 15 is 0 Å². The molecule has 0 amide bonds. The molecular formula is C2H8Br3OTi. The van der Waals surface area contributed by atoms with Gasteiger partial charge < -0.3 is 0 Å². The van der Waals surface area contributed by atoms with Crippen LogP contribution >= 0.6 is 50.9 Å². The van der Waals surface area contributed by atoms with Crippen molar-refractivity contribution in [3.8, 4) is 0 Å². The van der Waals surface area contributed by atoms with Crippen LogP contribution in [0, 0.1) is 0 Å². The first-order chi connectivity index (χ1) is 1.91. The molecule has 1 nitrogen and oxygen atoms in total. The Balaban J connectivity index is -0.0000000150. The quantitative estimate of drug-likeness (QED) is 0.668. The van der Waals surface area contributed by atoms with E-state index in [2.05, 4.69) is 3.32 Å². The second-order valence-corrected chi connectivity index (χ2v) is 0.884. The summed E-state index contributed by atoms with van der Waals surface area (Å²) in [5, 5.41) is 0. The third-order valence-corrected chi connectivity index (χ3v) is 0.595. The van der Waals surface area contributed by atoms with Crippen LogP contribution in [0.5, 0.6) is 0 Å². The van der Waals surface area contributed by atoms with Gasteiger partial charge in [-0.05, 0) is 0 Å². The number of rotatable bonds is 1. The summed E-state index contributed by atoms with van der Waals surface area (Å²) in [5.41, 5.74) is 0. The molecule has 0 heterocycles. The van der Waals surface area contributed by atoms with Crippen molar-refractivity contribution >= 4 is 50.9 Å². The van der Waals surface area contributed by atoms with Gasteiger partial charge in [0, 0.05) is 0 Å². The maximum absolute atomic E-state index is 4.54. The Bertz CT molecular complexity index is 14.9. The van der Waals surface area contributed by atoms with Crippen LogP contribution in [0.1, 0.15) is 6.92 Å². The summed E-state index contributed by atoms with van der Waals surface area (Å²) in [6.45, 7) is 2.78. The molecule has 5 heteroatoms. The van der Waals surface area contributed by atoms with E-state index in [4.69, 9.17) is 0 Å². The first kappa shape index (κ1) is 22.9. The van der Waals surface area contributed by atoms with Crippen LogP contribution in [0.25, 0.3) is 0 Å². The van der Waals surface area contributed by atoms with Gasteiger partial charge in [-0.2, -0.15) is 0 Å². The molecular weight excluding hydrogens is 328 g/mol. The SMILES string of the molecule is Br.Br.Br.CC[O][Ti]. The van der Waals surface area contributed by atoms with Gasteiger partial charge in [-0.1, -0.05) is 0 Å². The van der Waals surface area contributed by atoms with Gasteiger partial charge in [0.25, 0.3) is 0 Å². The minimum absolute atomic E-state index is 0. The average molecular weight is 336 g/mol. The Kier molecular flexibility index (Phi) is 79.5. The standard InChI is InChI=1S/C2H5O.3BrH.Ti/c1-2-3;;;;/h2H2,1H3;3*1H;/q-1;;;;+1. The third-order valence-electron chi connectivity index (χ3n) is 0.144. The summed E-state index contributed by atoms with van der Waals surface area (Å²) in [5.74, 6) is 0.